The van der Waals surface area contributed by atoms with Crippen molar-refractivity contribution in [1.29, 1.82) is 0 Å². The van der Waals surface area contributed by atoms with E-state index in [4.69, 9.17) is 9.15 Å². The lowest BCUT2D eigenvalue weighted by Crippen LogP contribution is -1.86. The van der Waals surface area contributed by atoms with Crippen molar-refractivity contribution in [2.75, 3.05) is 6.61 Å². The van der Waals surface area contributed by atoms with E-state index in [-0.39, 0.29) is 0 Å². The maximum Gasteiger partial charge on any atom is 0.144 e. The maximum absolute atomic E-state index is 6.19. The number of hydrogen-bond acceptors (Lipinski definition) is 3. The molecule has 0 amide bonds. The number of aromatic nitrogens is 1. The Morgan fingerprint density at radius 2 is 1.70 bits per heavy atom. The van der Waals surface area contributed by atoms with Gasteiger partial charge in [0.05, 0.1) is 18.6 Å². The first-order chi connectivity index (χ1) is 14.8. The molecule has 0 aliphatic carbocycles. The van der Waals surface area contributed by atoms with Gasteiger partial charge in [0.2, 0.25) is 0 Å². The van der Waals surface area contributed by atoms with Crippen LogP contribution in [0.25, 0.3) is 50.4 Å². The van der Waals surface area contributed by atoms with Gasteiger partial charge in [0.25, 0.3) is 0 Å². The Labute approximate surface area is 175 Å². The molecule has 3 heteroatoms. The van der Waals surface area contributed by atoms with Crippen molar-refractivity contribution in [3.63, 3.8) is 0 Å². The summed E-state index contributed by atoms with van der Waals surface area (Å²) in [6.45, 7) is 2.65. The number of pyridine rings is 1. The highest BCUT2D eigenvalue weighted by atomic mass is 16.5. The van der Waals surface area contributed by atoms with Crippen LogP contribution in [0.15, 0.2) is 95.7 Å². The van der Waals surface area contributed by atoms with Crippen LogP contribution in [0.5, 0.6) is 0 Å². The Kier molecular flexibility index (Phi) is 4.78. The lowest BCUT2D eigenvalue weighted by Gasteiger charge is -2.06. The number of ether oxygens (including phenoxy) is 1. The Morgan fingerprint density at radius 3 is 2.57 bits per heavy atom. The molecule has 0 unspecified atom stereocenters. The van der Waals surface area contributed by atoms with E-state index in [1.807, 2.05) is 43.5 Å². The molecule has 3 aromatic carbocycles. The van der Waals surface area contributed by atoms with Crippen molar-refractivity contribution in [3.8, 4) is 22.4 Å². The largest absolute Gasteiger partial charge is 0.501 e. The molecule has 0 aliphatic rings. The van der Waals surface area contributed by atoms with Crippen molar-refractivity contribution < 1.29 is 9.15 Å². The molecule has 0 fully saturated rings. The Bertz CT molecular complexity index is 1350. The van der Waals surface area contributed by atoms with E-state index in [2.05, 4.69) is 59.6 Å². The molecule has 0 radical (unpaired) electrons. The van der Waals surface area contributed by atoms with Gasteiger partial charge >= 0.3 is 0 Å². The second-order valence-electron chi connectivity index (χ2n) is 7.09. The second kappa shape index (κ2) is 7.88. The Morgan fingerprint density at radius 1 is 0.867 bits per heavy atom. The van der Waals surface area contributed by atoms with Gasteiger partial charge in [-0.1, -0.05) is 54.6 Å². The van der Waals surface area contributed by atoms with Gasteiger partial charge < -0.3 is 9.15 Å². The number of fused-ring (bicyclic) bond motifs is 3. The zero-order valence-corrected chi connectivity index (χ0v) is 16.7. The first kappa shape index (κ1) is 18.2. The quantitative estimate of drug-likeness (QED) is 0.294. The summed E-state index contributed by atoms with van der Waals surface area (Å²) in [7, 11) is 0. The third kappa shape index (κ3) is 3.35. The van der Waals surface area contributed by atoms with Crippen LogP contribution in [-0.2, 0) is 4.74 Å². The third-order valence-electron chi connectivity index (χ3n) is 5.21. The van der Waals surface area contributed by atoms with Crippen molar-refractivity contribution in [3.05, 3.63) is 96.9 Å². The summed E-state index contributed by atoms with van der Waals surface area (Å²) in [4.78, 5) is 4.64. The Hall–Kier alpha value is -3.85. The van der Waals surface area contributed by atoms with Gasteiger partial charge in [-0.05, 0) is 54.0 Å². The minimum atomic E-state index is 0.673. The summed E-state index contributed by atoms with van der Waals surface area (Å²) in [6, 6.07) is 26.9. The van der Waals surface area contributed by atoms with Gasteiger partial charge in [0, 0.05) is 22.5 Å². The van der Waals surface area contributed by atoms with E-state index < -0.39 is 0 Å². The van der Waals surface area contributed by atoms with Crippen LogP contribution in [0.3, 0.4) is 0 Å². The first-order valence-electron chi connectivity index (χ1n) is 10.1. The van der Waals surface area contributed by atoms with E-state index >= 15 is 0 Å². The van der Waals surface area contributed by atoms with Crippen LogP contribution < -0.4 is 0 Å². The van der Waals surface area contributed by atoms with E-state index in [0.29, 0.717) is 6.61 Å². The van der Waals surface area contributed by atoms with Crippen molar-refractivity contribution >= 4 is 28.0 Å². The summed E-state index contributed by atoms with van der Waals surface area (Å²) in [6.07, 6.45) is 5.55. The fourth-order valence-electron chi connectivity index (χ4n) is 3.72. The molecule has 146 valence electrons. The molecular formula is C27H21NO2. The molecule has 3 nitrogen and oxygen atoms in total. The molecule has 0 N–H and O–H groups in total. The molecule has 0 saturated carbocycles. The molecule has 0 saturated heterocycles. The van der Waals surface area contributed by atoms with Crippen LogP contribution >= 0.6 is 0 Å². The maximum atomic E-state index is 6.19. The van der Waals surface area contributed by atoms with Crippen LogP contribution in [0.1, 0.15) is 12.5 Å². The fraction of sp³-hybridized carbons (Fsp3) is 0.0741. The normalized spacial score (nSPS) is 11.5. The van der Waals surface area contributed by atoms with Gasteiger partial charge in [-0.2, -0.15) is 0 Å². The van der Waals surface area contributed by atoms with Crippen LogP contribution in [0.2, 0.25) is 0 Å². The summed E-state index contributed by atoms with van der Waals surface area (Å²) >= 11 is 0. The van der Waals surface area contributed by atoms with Gasteiger partial charge in [0.1, 0.15) is 11.2 Å². The number of para-hydroxylation sites is 2. The van der Waals surface area contributed by atoms with E-state index in [0.717, 1.165) is 49.9 Å². The summed E-state index contributed by atoms with van der Waals surface area (Å²) < 4.78 is 11.5. The highest BCUT2D eigenvalue weighted by molar-refractivity contribution is 6.09. The highest BCUT2D eigenvalue weighted by Crippen LogP contribution is 2.35. The Balaban J connectivity index is 1.54. The number of benzene rings is 3. The average molecular weight is 391 g/mol. The molecule has 5 aromatic rings. The molecule has 5 rings (SSSR count). The lowest BCUT2D eigenvalue weighted by atomic mass is 10.0. The minimum absolute atomic E-state index is 0.673. The van der Waals surface area contributed by atoms with Crippen molar-refractivity contribution in [1.82, 2.24) is 4.98 Å². The molecule has 0 atom stereocenters. The molecule has 2 aromatic heterocycles. The second-order valence-corrected chi connectivity index (χ2v) is 7.09. The highest BCUT2D eigenvalue weighted by Gasteiger charge is 2.13. The third-order valence-corrected chi connectivity index (χ3v) is 5.21. The standard InChI is InChI=1S/C27H21NO2/c1-2-29-17-15-19-10-12-20(13-11-19)21-14-16-28-25(18-21)24-8-5-7-23-22-6-3-4-9-26(22)30-27(23)24/h3-18H,2H2,1H3/b17-15+. The van der Waals surface area contributed by atoms with Gasteiger partial charge in [-0.25, -0.2) is 0 Å². The number of nitrogens with zero attached hydrogens (tertiary/aromatic N) is 1. The average Bonchev–Trinajstić information content (AvgIpc) is 3.19. The molecule has 2 heterocycles. The summed E-state index contributed by atoms with van der Waals surface area (Å²) in [5.41, 5.74) is 7.04. The first-order valence-corrected chi connectivity index (χ1v) is 10.1. The van der Waals surface area contributed by atoms with E-state index in [9.17, 15) is 0 Å². The topological polar surface area (TPSA) is 35.3 Å². The lowest BCUT2D eigenvalue weighted by molar-refractivity contribution is 0.272. The zero-order valence-electron chi connectivity index (χ0n) is 16.7. The van der Waals surface area contributed by atoms with Gasteiger partial charge in [0.15, 0.2) is 0 Å². The fourth-order valence-corrected chi connectivity index (χ4v) is 3.72. The van der Waals surface area contributed by atoms with Gasteiger partial charge in [-0.15, -0.1) is 0 Å². The zero-order chi connectivity index (χ0) is 20.3. The number of hydrogen-bond donors (Lipinski definition) is 0. The van der Waals surface area contributed by atoms with Crippen LogP contribution in [0.4, 0.5) is 0 Å². The monoisotopic (exact) mass is 391 g/mol. The SMILES string of the molecule is CCO/C=C/c1ccc(-c2ccnc(-c3cccc4c3oc3ccccc34)c2)cc1. The molecule has 30 heavy (non-hydrogen) atoms. The van der Waals surface area contributed by atoms with Gasteiger partial charge in [-0.3, -0.25) is 4.98 Å². The molecule has 0 bridgehead atoms. The summed E-state index contributed by atoms with van der Waals surface area (Å²) in [5.74, 6) is 0. The van der Waals surface area contributed by atoms with Crippen LogP contribution in [0, 0.1) is 0 Å². The molecule has 0 aliphatic heterocycles. The van der Waals surface area contributed by atoms with E-state index in [1.165, 1.54) is 0 Å². The van der Waals surface area contributed by atoms with E-state index in [1.54, 1.807) is 6.26 Å². The summed E-state index contributed by atoms with van der Waals surface area (Å²) in [5, 5.41) is 2.24. The van der Waals surface area contributed by atoms with Crippen molar-refractivity contribution in [2.24, 2.45) is 0 Å². The smallest absolute Gasteiger partial charge is 0.144 e. The van der Waals surface area contributed by atoms with Crippen molar-refractivity contribution in [2.45, 2.75) is 6.92 Å². The molecule has 0 spiro atoms. The predicted octanol–water partition coefficient (Wildman–Crippen LogP) is 7.32. The minimum Gasteiger partial charge on any atom is -0.501 e. The molecular weight excluding hydrogens is 370 g/mol. The van der Waals surface area contributed by atoms with Crippen LogP contribution in [-0.4, -0.2) is 11.6 Å². The number of rotatable bonds is 5. The number of furan rings is 1. The predicted molar refractivity (Wildman–Crippen MR) is 123 cm³/mol.